The minimum absolute atomic E-state index is 0.251. The summed E-state index contributed by atoms with van der Waals surface area (Å²) in [6, 6.07) is 8.30. The first-order valence-electron chi connectivity index (χ1n) is 11.0. The normalized spacial score (nSPS) is 24.8. The first kappa shape index (κ1) is 20.6. The molecule has 4 rings (SSSR count). The van der Waals surface area contributed by atoms with Gasteiger partial charge in [-0.3, -0.25) is 9.69 Å². The lowest BCUT2D eigenvalue weighted by Crippen LogP contribution is -2.44. The van der Waals surface area contributed by atoms with E-state index in [9.17, 15) is 4.79 Å². The average Bonchev–Trinajstić information content (AvgIpc) is 3.11. The van der Waals surface area contributed by atoms with Crippen molar-refractivity contribution in [2.24, 2.45) is 5.41 Å². The molecule has 0 N–H and O–H groups in total. The van der Waals surface area contributed by atoms with Gasteiger partial charge in [0.25, 0.3) is 0 Å². The van der Waals surface area contributed by atoms with Crippen LogP contribution in [0.1, 0.15) is 24.8 Å². The largest absolute Gasteiger partial charge is 0.379 e. The molecule has 0 saturated carbocycles. The fourth-order valence-corrected chi connectivity index (χ4v) is 4.86. The van der Waals surface area contributed by atoms with Gasteiger partial charge in [0.15, 0.2) is 0 Å². The van der Waals surface area contributed by atoms with Crippen LogP contribution in [0.5, 0.6) is 0 Å². The summed E-state index contributed by atoms with van der Waals surface area (Å²) in [7, 11) is 4.06. The van der Waals surface area contributed by atoms with Gasteiger partial charge in [-0.05, 0) is 42.4 Å². The fraction of sp³-hybridized carbons (Fsp3) is 0.696. The second kappa shape index (κ2) is 9.02. The van der Waals surface area contributed by atoms with Crippen molar-refractivity contribution in [2.75, 3.05) is 71.5 Å². The Hall–Kier alpha value is -1.63. The van der Waals surface area contributed by atoms with E-state index in [4.69, 9.17) is 9.47 Å². The monoisotopic (exact) mass is 401 g/mol. The number of carbonyl (C=O) groups excluding carboxylic acids is 1. The van der Waals surface area contributed by atoms with Crippen LogP contribution < -0.4 is 4.90 Å². The Morgan fingerprint density at radius 2 is 1.79 bits per heavy atom. The molecular formula is C23H35N3O3. The number of amides is 1. The number of anilines is 1. The fourth-order valence-electron chi connectivity index (χ4n) is 4.86. The molecule has 1 atom stereocenters. The molecule has 3 heterocycles. The Kier molecular flexibility index (Phi) is 6.42. The highest BCUT2D eigenvalue weighted by molar-refractivity contribution is 5.79. The summed E-state index contributed by atoms with van der Waals surface area (Å²) in [4.78, 5) is 19.4. The molecule has 0 aromatic heterocycles. The number of nitrogens with zero attached hydrogens (tertiary/aromatic N) is 3. The smallest absolute Gasteiger partial charge is 0.226 e. The van der Waals surface area contributed by atoms with Crippen molar-refractivity contribution in [3.8, 4) is 0 Å². The van der Waals surface area contributed by atoms with Gasteiger partial charge in [-0.1, -0.05) is 12.1 Å². The summed E-state index contributed by atoms with van der Waals surface area (Å²) in [5.41, 5.74) is 2.53. The predicted molar refractivity (Wildman–Crippen MR) is 114 cm³/mol. The van der Waals surface area contributed by atoms with E-state index < -0.39 is 0 Å². The average molecular weight is 402 g/mol. The van der Waals surface area contributed by atoms with Crippen LogP contribution in [-0.2, 0) is 20.7 Å². The molecule has 3 aliphatic rings. The molecule has 6 nitrogen and oxygen atoms in total. The molecule has 1 aromatic carbocycles. The first-order chi connectivity index (χ1) is 14.0. The van der Waals surface area contributed by atoms with Gasteiger partial charge in [-0.15, -0.1) is 0 Å². The predicted octanol–water partition coefficient (Wildman–Crippen LogP) is 2.03. The molecule has 0 unspecified atom stereocenters. The van der Waals surface area contributed by atoms with Crippen LogP contribution in [0.3, 0.4) is 0 Å². The molecule has 1 amide bonds. The van der Waals surface area contributed by atoms with E-state index in [2.05, 4.69) is 39.0 Å². The standard InChI is InChI=1S/C23H35N3O3/c1-24(2)20-5-3-19(4-6-20)15-22(27)26-9-7-23(8-10-26)16-21(29-18-23)17-25-11-13-28-14-12-25/h3-6,21H,7-18H2,1-2H3/t21-/m0/s1. The topological polar surface area (TPSA) is 45.2 Å². The van der Waals surface area contributed by atoms with Crippen molar-refractivity contribution in [3.63, 3.8) is 0 Å². The Labute approximate surface area is 174 Å². The summed E-state index contributed by atoms with van der Waals surface area (Å²) in [5.74, 6) is 0.251. The summed E-state index contributed by atoms with van der Waals surface area (Å²) in [6.45, 7) is 7.33. The zero-order chi connectivity index (χ0) is 20.3. The number of piperidine rings is 1. The number of rotatable bonds is 5. The van der Waals surface area contributed by atoms with Crippen LogP contribution in [0.2, 0.25) is 0 Å². The lowest BCUT2D eigenvalue weighted by atomic mass is 9.76. The van der Waals surface area contributed by atoms with Gasteiger partial charge < -0.3 is 19.3 Å². The number of ether oxygens (including phenoxy) is 2. The quantitative estimate of drug-likeness (QED) is 0.755. The van der Waals surface area contributed by atoms with Crippen LogP contribution in [0.25, 0.3) is 0 Å². The molecule has 6 heteroatoms. The Balaban J connectivity index is 1.24. The van der Waals surface area contributed by atoms with Crippen molar-refractivity contribution >= 4 is 11.6 Å². The molecule has 3 aliphatic heterocycles. The van der Waals surface area contributed by atoms with Crippen LogP contribution >= 0.6 is 0 Å². The van der Waals surface area contributed by atoms with Crippen LogP contribution in [0, 0.1) is 5.41 Å². The summed E-state index contributed by atoms with van der Waals surface area (Å²) in [5, 5.41) is 0. The minimum atomic E-state index is 0.251. The maximum Gasteiger partial charge on any atom is 0.226 e. The molecule has 0 radical (unpaired) electrons. The maximum atomic E-state index is 12.8. The highest BCUT2D eigenvalue weighted by Crippen LogP contribution is 2.42. The van der Waals surface area contributed by atoms with Gasteiger partial charge in [0, 0.05) is 52.5 Å². The van der Waals surface area contributed by atoms with Crippen LogP contribution in [0.15, 0.2) is 24.3 Å². The highest BCUT2D eigenvalue weighted by Gasteiger charge is 2.43. The van der Waals surface area contributed by atoms with Crippen molar-refractivity contribution in [1.29, 1.82) is 0 Å². The van der Waals surface area contributed by atoms with Crippen molar-refractivity contribution < 1.29 is 14.3 Å². The maximum absolute atomic E-state index is 12.8. The van der Waals surface area contributed by atoms with Gasteiger partial charge >= 0.3 is 0 Å². The van der Waals surface area contributed by atoms with Crippen molar-refractivity contribution in [1.82, 2.24) is 9.80 Å². The summed E-state index contributed by atoms with van der Waals surface area (Å²) in [6.07, 6.45) is 4.11. The molecular weight excluding hydrogens is 366 g/mol. The molecule has 1 aromatic rings. The number of morpholine rings is 1. The zero-order valence-corrected chi connectivity index (χ0v) is 17.9. The number of hydrogen-bond acceptors (Lipinski definition) is 5. The third kappa shape index (κ3) is 5.11. The Bertz CT molecular complexity index is 677. The van der Waals surface area contributed by atoms with Crippen molar-refractivity contribution in [2.45, 2.75) is 31.8 Å². The van der Waals surface area contributed by atoms with Gasteiger partial charge in [0.1, 0.15) is 0 Å². The Morgan fingerprint density at radius 3 is 2.45 bits per heavy atom. The SMILES string of the molecule is CN(C)c1ccc(CC(=O)N2CCC3(CC2)CO[C@H](CN2CCOCC2)C3)cc1. The Morgan fingerprint density at radius 1 is 1.10 bits per heavy atom. The van der Waals surface area contributed by atoms with Gasteiger partial charge in [-0.25, -0.2) is 0 Å². The third-order valence-electron chi connectivity index (χ3n) is 6.84. The van der Waals surface area contributed by atoms with E-state index in [-0.39, 0.29) is 11.3 Å². The van der Waals surface area contributed by atoms with Crippen molar-refractivity contribution in [3.05, 3.63) is 29.8 Å². The summed E-state index contributed by atoms with van der Waals surface area (Å²) < 4.78 is 11.6. The van der Waals surface area contributed by atoms with Gasteiger partial charge in [0.2, 0.25) is 5.91 Å². The molecule has 3 saturated heterocycles. The number of carbonyl (C=O) groups is 1. The highest BCUT2D eigenvalue weighted by atomic mass is 16.5. The first-order valence-corrected chi connectivity index (χ1v) is 11.0. The second-order valence-corrected chi connectivity index (χ2v) is 9.17. The molecule has 29 heavy (non-hydrogen) atoms. The lowest BCUT2D eigenvalue weighted by Gasteiger charge is -2.38. The van der Waals surface area contributed by atoms with E-state index >= 15 is 0 Å². The minimum Gasteiger partial charge on any atom is -0.379 e. The van der Waals surface area contributed by atoms with Crippen LogP contribution in [-0.4, -0.2) is 88.5 Å². The van der Waals surface area contributed by atoms with E-state index in [1.807, 2.05) is 14.1 Å². The van der Waals surface area contributed by atoms with E-state index in [1.165, 1.54) is 0 Å². The zero-order valence-electron chi connectivity index (χ0n) is 17.9. The number of hydrogen-bond donors (Lipinski definition) is 0. The molecule has 3 fully saturated rings. The second-order valence-electron chi connectivity index (χ2n) is 9.17. The third-order valence-corrected chi connectivity index (χ3v) is 6.84. The molecule has 0 bridgehead atoms. The lowest BCUT2D eigenvalue weighted by molar-refractivity contribution is -0.132. The van der Waals surface area contributed by atoms with E-state index in [0.29, 0.717) is 12.5 Å². The molecule has 1 spiro atoms. The van der Waals surface area contributed by atoms with E-state index in [0.717, 1.165) is 83.1 Å². The molecule has 160 valence electrons. The number of benzene rings is 1. The number of likely N-dealkylation sites (tertiary alicyclic amines) is 1. The molecule has 0 aliphatic carbocycles. The van der Waals surface area contributed by atoms with Gasteiger partial charge in [0.05, 0.1) is 32.3 Å². The van der Waals surface area contributed by atoms with Gasteiger partial charge in [-0.2, -0.15) is 0 Å². The van der Waals surface area contributed by atoms with E-state index in [1.54, 1.807) is 0 Å². The van der Waals surface area contributed by atoms with Crippen LogP contribution in [0.4, 0.5) is 5.69 Å². The summed E-state index contributed by atoms with van der Waals surface area (Å²) >= 11 is 0.